The second-order valence-corrected chi connectivity index (χ2v) is 7.69. The zero-order valence-corrected chi connectivity index (χ0v) is 13.8. The van der Waals surface area contributed by atoms with E-state index < -0.39 is 0 Å². The predicted octanol–water partition coefficient (Wildman–Crippen LogP) is 5.05. The lowest BCUT2D eigenvalue weighted by Crippen LogP contribution is -2.43. The van der Waals surface area contributed by atoms with E-state index in [4.69, 9.17) is 14.5 Å². The minimum absolute atomic E-state index is 0.312. The predicted molar refractivity (Wildman–Crippen MR) is 93.9 cm³/mol. The molecule has 2 aromatic carbocycles. The third-order valence-electron chi connectivity index (χ3n) is 6.53. The van der Waals surface area contributed by atoms with Crippen LogP contribution in [-0.4, -0.2) is 11.8 Å². The summed E-state index contributed by atoms with van der Waals surface area (Å²) in [5, 5.41) is 3.67. The largest absolute Gasteiger partial charge is 0.454 e. The molecule has 3 heteroatoms. The topological polar surface area (TPSA) is 31.4 Å². The molecule has 1 unspecified atom stereocenters. The maximum absolute atomic E-state index is 5.58. The van der Waals surface area contributed by atoms with Crippen LogP contribution in [0.3, 0.4) is 0 Å². The van der Waals surface area contributed by atoms with Gasteiger partial charge in [-0.15, -0.1) is 0 Å². The van der Waals surface area contributed by atoms with Crippen LogP contribution in [-0.2, 0) is 5.41 Å². The van der Waals surface area contributed by atoms with Crippen molar-refractivity contribution in [3.63, 3.8) is 0 Å². The van der Waals surface area contributed by atoms with Gasteiger partial charge >= 0.3 is 0 Å². The second kappa shape index (κ2) is 4.21. The zero-order valence-electron chi connectivity index (χ0n) is 13.8. The highest BCUT2D eigenvalue weighted by Gasteiger charge is 2.50. The highest BCUT2D eigenvalue weighted by molar-refractivity contribution is 6.08. The molecule has 6 rings (SSSR count). The number of nitrogens with zero attached hydrogens (tertiary/aromatic N) is 1. The van der Waals surface area contributed by atoms with Crippen molar-refractivity contribution in [1.29, 1.82) is 0 Å². The van der Waals surface area contributed by atoms with Gasteiger partial charge in [0.1, 0.15) is 0 Å². The van der Waals surface area contributed by atoms with Gasteiger partial charge in [0.15, 0.2) is 11.5 Å². The summed E-state index contributed by atoms with van der Waals surface area (Å²) < 4.78 is 11.1. The summed E-state index contributed by atoms with van der Waals surface area (Å²) >= 11 is 0. The molecule has 2 heterocycles. The molecule has 2 aliphatic carbocycles. The highest BCUT2D eigenvalue weighted by Crippen LogP contribution is 2.60. The monoisotopic (exact) mass is 317 g/mol. The summed E-state index contributed by atoms with van der Waals surface area (Å²) in [4.78, 5) is 4.87. The lowest BCUT2D eigenvalue weighted by atomic mass is 9.51. The molecule has 0 N–H and O–H groups in total. The Bertz CT molecular complexity index is 1030. The van der Waals surface area contributed by atoms with E-state index in [1.807, 2.05) is 0 Å². The number of fused-ring (bicyclic) bond motifs is 9. The summed E-state index contributed by atoms with van der Waals surface area (Å²) in [6.07, 6.45) is 7.48. The van der Waals surface area contributed by atoms with Gasteiger partial charge in [-0.2, -0.15) is 0 Å². The first kappa shape index (κ1) is 13.1. The first-order valence-electron chi connectivity index (χ1n) is 8.91. The molecule has 2 atom stereocenters. The lowest BCUT2D eigenvalue weighted by molar-refractivity contribution is 0.174. The molecule has 1 aromatic heterocycles. The standard InChI is InChI=1S/C21H19NO2/c1-21-7-3-2-4-16(21)15-10-22-20-13(19(15)21)6-5-12-8-17-18(9-14(12)20)24-11-23-17/h5-6,8-10,16H,2-4,7,11H2,1H3/t16-,21?/m0/s1. The summed E-state index contributed by atoms with van der Waals surface area (Å²) in [5.74, 6) is 2.39. The number of aromatic nitrogens is 1. The Morgan fingerprint density at radius 2 is 1.96 bits per heavy atom. The van der Waals surface area contributed by atoms with Crippen LogP contribution in [0, 0.1) is 0 Å². The van der Waals surface area contributed by atoms with Gasteiger partial charge in [-0.05, 0) is 47.4 Å². The van der Waals surface area contributed by atoms with Gasteiger partial charge in [0, 0.05) is 22.4 Å². The van der Waals surface area contributed by atoms with E-state index in [-0.39, 0.29) is 0 Å². The Morgan fingerprint density at radius 1 is 1.08 bits per heavy atom. The average Bonchev–Trinajstić information content (AvgIpc) is 3.05. The summed E-state index contributed by atoms with van der Waals surface area (Å²) in [7, 11) is 0. The van der Waals surface area contributed by atoms with E-state index in [2.05, 4.69) is 37.4 Å². The molecule has 1 saturated carbocycles. The SMILES string of the molecule is CC12CCCC[C@H]1c1cnc3c(ccc4cc5c(cc43)OCO5)c12. The van der Waals surface area contributed by atoms with Crippen molar-refractivity contribution >= 4 is 21.7 Å². The van der Waals surface area contributed by atoms with E-state index in [0.29, 0.717) is 18.1 Å². The fourth-order valence-electron chi connectivity index (χ4n) is 5.35. The number of ether oxygens (including phenoxy) is 2. The zero-order chi connectivity index (χ0) is 15.9. The lowest BCUT2D eigenvalue weighted by Gasteiger charge is -2.52. The fraction of sp³-hybridized carbons (Fsp3) is 0.381. The van der Waals surface area contributed by atoms with Crippen molar-refractivity contribution in [3.05, 3.63) is 41.6 Å². The maximum Gasteiger partial charge on any atom is 0.231 e. The molecule has 1 aliphatic heterocycles. The summed E-state index contributed by atoms with van der Waals surface area (Å²) in [6, 6.07) is 8.64. The molecule has 0 bridgehead atoms. The van der Waals surface area contributed by atoms with Crippen molar-refractivity contribution in [2.75, 3.05) is 6.79 Å². The number of benzene rings is 2. The van der Waals surface area contributed by atoms with Crippen LogP contribution in [0.15, 0.2) is 30.5 Å². The smallest absolute Gasteiger partial charge is 0.231 e. The molecular formula is C21H19NO2. The van der Waals surface area contributed by atoms with Gasteiger partial charge in [0.25, 0.3) is 0 Å². The Labute approximate surface area is 140 Å². The van der Waals surface area contributed by atoms with Gasteiger partial charge in [-0.25, -0.2) is 0 Å². The number of pyridine rings is 1. The van der Waals surface area contributed by atoms with Crippen LogP contribution in [0.4, 0.5) is 0 Å². The van der Waals surface area contributed by atoms with Crippen molar-refractivity contribution < 1.29 is 9.47 Å². The Kier molecular flexibility index (Phi) is 2.29. The summed E-state index contributed by atoms with van der Waals surface area (Å²) in [6.45, 7) is 2.77. The molecule has 0 amide bonds. The maximum atomic E-state index is 5.58. The van der Waals surface area contributed by atoms with Gasteiger partial charge in [0.2, 0.25) is 6.79 Å². The molecule has 120 valence electrons. The van der Waals surface area contributed by atoms with E-state index in [1.165, 1.54) is 47.4 Å². The van der Waals surface area contributed by atoms with Crippen LogP contribution < -0.4 is 9.47 Å². The van der Waals surface area contributed by atoms with E-state index in [9.17, 15) is 0 Å². The van der Waals surface area contributed by atoms with E-state index in [0.717, 1.165) is 17.0 Å². The molecule has 0 spiro atoms. The van der Waals surface area contributed by atoms with Gasteiger partial charge in [0.05, 0.1) is 5.52 Å². The van der Waals surface area contributed by atoms with Crippen LogP contribution in [0.1, 0.15) is 49.7 Å². The van der Waals surface area contributed by atoms with Crippen molar-refractivity contribution in [2.45, 2.75) is 43.9 Å². The second-order valence-electron chi connectivity index (χ2n) is 7.69. The Morgan fingerprint density at radius 3 is 2.88 bits per heavy atom. The normalized spacial score (nSPS) is 27.0. The number of hydrogen-bond donors (Lipinski definition) is 0. The van der Waals surface area contributed by atoms with Crippen molar-refractivity contribution in [1.82, 2.24) is 4.98 Å². The molecule has 3 aromatic rings. The first-order valence-corrected chi connectivity index (χ1v) is 8.91. The highest BCUT2D eigenvalue weighted by atomic mass is 16.7. The van der Waals surface area contributed by atoms with E-state index >= 15 is 0 Å². The molecular weight excluding hydrogens is 298 g/mol. The van der Waals surface area contributed by atoms with Crippen molar-refractivity contribution in [3.8, 4) is 11.5 Å². The third-order valence-corrected chi connectivity index (χ3v) is 6.53. The van der Waals surface area contributed by atoms with Crippen LogP contribution in [0.2, 0.25) is 0 Å². The molecule has 0 saturated heterocycles. The number of rotatable bonds is 0. The molecule has 3 aliphatic rings. The quantitative estimate of drug-likeness (QED) is 0.544. The van der Waals surface area contributed by atoms with Crippen LogP contribution >= 0.6 is 0 Å². The number of hydrogen-bond acceptors (Lipinski definition) is 3. The van der Waals surface area contributed by atoms with Gasteiger partial charge in [-0.3, -0.25) is 4.98 Å². The molecule has 3 nitrogen and oxygen atoms in total. The van der Waals surface area contributed by atoms with Crippen LogP contribution in [0.25, 0.3) is 21.7 Å². The third kappa shape index (κ3) is 1.42. The molecule has 0 radical (unpaired) electrons. The first-order chi connectivity index (χ1) is 11.8. The minimum Gasteiger partial charge on any atom is -0.454 e. The van der Waals surface area contributed by atoms with Crippen LogP contribution in [0.5, 0.6) is 11.5 Å². The minimum atomic E-state index is 0.312. The molecule has 24 heavy (non-hydrogen) atoms. The Hall–Kier alpha value is -2.29. The van der Waals surface area contributed by atoms with Gasteiger partial charge < -0.3 is 9.47 Å². The van der Waals surface area contributed by atoms with Gasteiger partial charge in [-0.1, -0.05) is 31.9 Å². The van der Waals surface area contributed by atoms with E-state index in [1.54, 1.807) is 5.56 Å². The Balaban J connectivity index is 1.68. The fourth-order valence-corrected chi connectivity index (χ4v) is 5.35. The summed E-state index contributed by atoms with van der Waals surface area (Å²) in [5.41, 5.74) is 4.50. The molecule has 1 fully saturated rings. The van der Waals surface area contributed by atoms with Crippen molar-refractivity contribution in [2.24, 2.45) is 0 Å². The average molecular weight is 317 g/mol.